The second-order valence-corrected chi connectivity index (χ2v) is 10.6. The maximum absolute atomic E-state index is 12.3. The minimum absolute atomic E-state index is 0.0309. The van der Waals surface area contributed by atoms with E-state index >= 15 is 0 Å². The zero-order valence-corrected chi connectivity index (χ0v) is 23.3. The molecule has 0 atom stereocenters. The van der Waals surface area contributed by atoms with E-state index in [-0.39, 0.29) is 49.9 Å². The van der Waals surface area contributed by atoms with Crippen molar-refractivity contribution in [1.82, 2.24) is 0 Å². The number of benzene rings is 4. The summed E-state index contributed by atoms with van der Waals surface area (Å²) >= 11 is 0.458. The second-order valence-electron chi connectivity index (χ2n) is 8.48. The number of aromatic hydroxyl groups is 2. The predicted octanol–water partition coefficient (Wildman–Crippen LogP) is 6.67. The first-order chi connectivity index (χ1) is 20.9. The number of rotatable bonds is 11. The van der Waals surface area contributed by atoms with Gasteiger partial charge in [0.15, 0.2) is 0 Å². The van der Waals surface area contributed by atoms with Crippen molar-refractivity contribution < 1.29 is 57.6 Å². The number of carboxylic acids is 2. The summed E-state index contributed by atoms with van der Waals surface area (Å²) in [7, 11) is -4.86. The Bertz CT molecular complexity index is 1930. The molecule has 4 rings (SSSR count). The van der Waals surface area contributed by atoms with Gasteiger partial charge in [-0.05, 0) is 54.1 Å². The number of azo groups is 2. The van der Waals surface area contributed by atoms with Crippen LogP contribution in [0.2, 0.25) is 0 Å². The lowest BCUT2D eigenvalue weighted by molar-refractivity contribution is -0.432. The predicted molar refractivity (Wildman–Crippen MR) is 151 cm³/mol. The Balaban J connectivity index is 1.70. The van der Waals surface area contributed by atoms with Gasteiger partial charge in [-0.3, -0.25) is 4.55 Å². The number of phenols is 2. The van der Waals surface area contributed by atoms with E-state index in [9.17, 15) is 32.8 Å². The van der Waals surface area contributed by atoms with Crippen LogP contribution >= 0.6 is 12.0 Å². The van der Waals surface area contributed by atoms with Crippen LogP contribution in [0, 0.1) is 0 Å². The standard InChI is InChI=1S/C26H18N4O12S2/c31-21-9-13(3-7-19(21)25(33)34)27-29-15-1-5-17(23(11-15)43-42-41-37)18-6-2-16(12-24(18)44(38,39)40)30-28-14-4-8-20(26(35)36)22(32)10-14/h1-12,31-32,37H,(H,33,34)(H,35,36)(H,38,39,40)/b29-27+,30-28+. The Morgan fingerprint density at radius 2 is 1.09 bits per heavy atom. The highest BCUT2D eigenvalue weighted by molar-refractivity contribution is 7.94. The summed E-state index contributed by atoms with van der Waals surface area (Å²) in [5.74, 6) is -3.76. The highest BCUT2D eigenvalue weighted by Crippen LogP contribution is 2.40. The number of nitrogens with zero attached hydrogens (tertiary/aromatic N) is 4. The molecule has 16 nitrogen and oxygen atoms in total. The van der Waals surface area contributed by atoms with Gasteiger partial charge >= 0.3 is 11.9 Å². The Morgan fingerprint density at radius 3 is 1.52 bits per heavy atom. The molecule has 0 heterocycles. The molecule has 0 aliphatic heterocycles. The van der Waals surface area contributed by atoms with Gasteiger partial charge in [-0.25, -0.2) is 14.8 Å². The van der Waals surface area contributed by atoms with Crippen LogP contribution in [0.25, 0.3) is 11.1 Å². The van der Waals surface area contributed by atoms with Crippen molar-refractivity contribution >= 4 is 56.8 Å². The molecule has 0 amide bonds. The van der Waals surface area contributed by atoms with E-state index in [1.165, 1.54) is 42.5 Å². The lowest BCUT2D eigenvalue weighted by Gasteiger charge is -2.12. The van der Waals surface area contributed by atoms with Crippen LogP contribution in [-0.2, 0) is 19.5 Å². The van der Waals surface area contributed by atoms with Crippen molar-refractivity contribution in [3.05, 3.63) is 83.9 Å². The van der Waals surface area contributed by atoms with E-state index in [0.717, 1.165) is 30.3 Å². The SMILES string of the molecule is O=C(O)c1ccc(/N=N/c2ccc(-c3ccc(/N=N/c4ccc(C(=O)O)c(O)c4)cc3S(=O)(=O)O)c(SOOO)c2)cc1O. The summed E-state index contributed by atoms with van der Waals surface area (Å²) in [6.07, 6.45) is 0. The number of carbonyl (C=O) groups is 2. The van der Waals surface area contributed by atoms with Gasteiger partial charge in [-0.1, -0.05) is 17.2 Å². The zero-order chi connectivity index (χ0) is 32.0. The summed E-state index contributed by atoms with van der Waals surface area (Å²) in [6, 6.07) is 14.8. The van der Waals surface area contributed by atoms with Crippen LogP contribution in [0.1, 0.15) is 20.7 Å². The van der Waals surface area contributed by atoms with E-state index in [0.29, 0.717) is 12.0 Å². The van der Waals surface area contributed by atoms with Crippen molar-refractivity contribution in [2.45, 2.75) is 9.79 Å². The molecule has 6 N–H and O–H groups in total. The van der Waals surface area contributed by atoms with Crippen molar-refractivity contribution in [3.8, 4) is 22.6 Å². The summed E-state index contributed by atoms with van der Waals surface area (Å²) in [6.45, 7) is 0. The Morgan fingerprint density at radius 1 is 0.659 bits per heavy atom. The first-order valence-corrected chi connectivity index (χ1v) is 13.9. The van der Waals surface area contributed by atoms with Crippen LogP contribution in [0.5, 0.6) is 11.5 Å². The summed E-state index contributed by atoms with van der Waals surface area (Å²) in [5, 5.41) is 65.8. The Kier molecular flexibility index (Phi) is 9.63. The molecule has 4 aromatic rings. The molecule has 0 fully saturated rings. The molecule has 226 valence electrons. The van der Waals surface area contributed by atoms with E-state index in [2.05, 4.69) is 29.8 Å². The van der Waals surface area contributed by atoms with Gasteiger partial charge in [-0.15, -0.1) is 4.33 Å². The van der Waals surface area contributed by atoms with E-state index in [4.69, 9.17) is 15.5 Å². The first kappa shape index (κ1) is 31.7. The smallest absolute Gasteiger partial charge is 0.339 e. The van der Waals surface area contributed by atoms with Crippen molar-refractivity contribution in [2.75, 3.05) is 0 Å². The van der Waals surface area contributed by atoms with Gasteiger partial charge in [0.05, 0.1) is 34.8 Å². The monoisotopic (exact) mass is 642 g/mol. The van der Waals surface area contributed by atoms with E-state index in [1.807, 2.05) is 0 Å². The van der Waals surface area contributed by atoms with Crippen LogP contribution in [0.15, 0.2) is 103 Å². The van der Waals surface area contributed by atoms with Crippen molar-refractivity contribution in [3.63, 3.8) is 0 Å². The fourth-order valence-corrected chi connectivity index (χ4v) is 4.95. The summed E-state index contributed by atoms with van der Waals surface area (Å²) < 4.78 is 39.2. The highest BCUT2D eigenvalue weighted by Gasteiger charge is 2.21. The third kappa shape index (κ3) is 7.58. The highest BCUT2D eigenvalue weighted by atomic mass is 32.2. The maximum atomic E-state index is 12.3. The summed E-state index contributed by atoms with van der Waals surface area (Å²) in [4.78, 5) is 21.7. The molecule has 44 heavy (non-hydrogen) atoms. The zero-order valence-electron chi connectivity index (χ0n) is 21.7. The van der Waals surface area contributed by atoms with Gasteiger partial charge in [0.2, 0.25) is 0 Å². The van der Waals surface area contributed by atoms with Gasteiger partial charge in [0.25, 0.3) is 10.1 Å². The molecule has 0 spiro atoms. The number of hydrogen-bond acceptors (Lipinski definition) is 14. The number of aromatic carboxylic acids is 2. The molecule has 0 unspecified atom stereocenters. The molecule has 0 saturated heterocycles. The molecule has 0 radical (unpaired) electrons. The largest absolute Gasteiger partial charge is 0.507 e. The molecule has 0 aromatic heterocycles. The Hall–Kier alpha value is -5.24. The van der Waals surface area contributed by atoms with E-state index < -0.39 is 38.5 Å². The van der Waals surface area contributed by atoms with Gasteiger partial charge in [0, 0.05) is 22.6 Å². The van der Waals surface area contributed by atoms with Gasteiger partial charge in [-0.2, -0.15) is 28.9 Å². The van der Waals surface area contributed by atoms with Gasteiger partial charge in [0.1, 0.15) is 27.5 Å². The summed E-state index contributed by atoms with van der Waals surface area (Å²) in [5.41, 5.74) is -0.229. The number of carboxylic acid groups (broad SMARTS) is 2. The molecule has 0 aliphatic carbocycles. The van der Waals surface area contributed by atoms with Crippen LogP contribution in [-0.4, -0.2) is 50.6 Å². The second kappa shape index (κ2) is 13.4. The van der Waals surface area contributed by atoms with Crippen molar-refractivity contribution in [2.24, 2.45) is 20.5 Å². The topological polar surface area (TPSA) is 258 Å². The third-order valence-electron chi connectivity index (χ3n) is 5.64. The molecular formula is C26H18N4O12S2. The van der Waals surface area contributed by atoms with Crippen molar-refractivity contribution in [1.29, 1.82) is 0 Å². The van der Waals surface area contributed by atoms with Crippen LogP contribution < -0.4 is 0 Å². The molecule has 0 bridgehead atoms. The van der Waals surface area contributed by atoms with E-state index in [1.54, 1.807) is 0 Å². The lowest BCUT2D eigenvalue weighted by atomic mass is 10.0. The molecular weight excluding hydrogens is 624 g/mol. The fraction of sp³-hybridized carbons (Fsp3) is 0. The minimum Gasteiger partial charge on any atom is -0.507 e. The normalized spacial score (nSPS) is 11.8. The molecule has 0 aliphatic rings. The van der Waals surface area contributed by atoms with Gasteiger partial charge < -0.3 is 20.4 Å². The quantitative estimate of drug-likeness (QED) is 0.0329. The first-order valence-electron chi connectivity index (χ1n) is 11.7. The number of hydrogen-bond donors (Lipinski definition) is 6. The maximum Gasteiger partial charge on any atom is 0.339 e. The van der Waals surface area contributed by atoms with Crippen LogP contribution in [0.3, 0.4) is 0 Å². The average Bonchev–Trinajstić information content (AvgIpc) is 2.97. The minimum atomic E-state index is -4.86. The Labute approximate surface area is 251 Å². The lowest BCUT2D eigenvalue weighted by Crippen LogP contribution is -2.01. The molecule has 18 heteroatoms. The molecule has 4 aromatic carbocycles. The third-order valence-corrected chi connectivity index (χ3v) is 7.18. The molecule has 0 saturated carbocycles. The van der Waals surface area contributed by atoms with Crippen LogP contribution in [0.4, 0.5) is 22.7 Å². The average molecular weight is 643 g/mol. The fourth-order valence-electron chi connectivity index (χ4n) is 3.68.